The Labute approximate surface area is 152 Å². The largest absolute Gasteiger partial charge is 0.457 e. The number of rotatable bonds is 2. The predicted molar refractivity (Wildman–Crippen MR) is 92.7 cm³/mol. The fourth-order valence-corrected chi connectivity index (χ4v) is 4.51. The van der Waals surface area contributed by atoms with Crippen LogP contribution in [0.1, 0.15) is 27.7 Å². The minimum absolute atomic E-state index is 0.123. The quantitative estimate of drug-likeness (QED) is 0.596. The number of ketones is 1. The molecule has 2 fully saturated rings. The van der Waals surface area contributed by atoms with Crippen LogP contribution in [-0.2, 0) is 23.9 Å². The molecule has 3 aliphatic rings. The van der Waals surface area contributed by atoms with Crippen molar-refractivity contribution < 1.29 is 29.0 Å². The summed E-state index contributed by atoms with van der Waals surface area (Å²) in [5.41, 5.74) is -0.219. The van der Waals surface area contributed by atoms with Crippen LogP contribution in [0, 0.1) is 23.2 Å². The fraction of sp³-hybridized carbons (Fsp3) is 0.550. The van der Waals surface area contributed by atoms with E-state index in [1.807, 2.05) is 6.92 Å². The lowest BCUT2D eigenvalue weighted by Crippen LogP contribution is -2.49. The minimum atomic E-state index is -1.10. The molecule has 1 saturated heterocycles. The molecule has 6 nitrogen and oxygen atoms in total. The summed E-state index contributed by atoms with van der Waals surface area (Å²) >= 11 is 0. The van der Waals surface area contributed by atoms with Crippen molar-refractivity contribution in [2.24, 2.45) is 23.2 Å². The molecule has 7 atom stereocenters. The van der Waals surface area contributed by atoms with E-state index in [0.717, 1.165) is 5.57 Å². The first kappa shape index (κ1) is 18.6. The summed E-state index contributed by atoms with van der Waals surface area (Å²) in [4.78, 5) is 37.3. The molecule has 1 saturated carbocycles. The highest BCUT2D eigenvalue weighted by atomic mass is 16.6. The van der Waals surface area contributed by atoms with Gasteiger partial charge in [-0.1, -0.05) is 25.2 Å². The van der Waals surface area contributed by atoms with Crippen LogP contribution < -0.4 is 0 Å². The molecule has 0 amide bonds. The molecule has 3 unspecified atom stereocenters. The summed E-state index contributed by atoms with van der Waals surface area (Å²) in [6, 6.07) is 0. The van der Waals surface area contributed by atoms with E-state index in [2.05, 4.69) is 6.58 Å². The molecule has 1 heterocycles. The average molecular weight is 360 g/mol. The predicted octanol–water partition coefficient (Wildman–Crippen LogP) is 1.73. The van der Waals surface area contributed by atoms with Crippen LogP contribution in [0.4, 0.5) is 0 Å². The minimum Gasteiger partial charge on any atom is -0.457 e. The molecule has 2 aliphatic carbocycles. The van der Waals surface area contributed by atoms with Gasteiger partial charge in [0.05, 0.1) is 17.4 Å². The van der Waals surface area contributed by atoms with Gasteiger partial charge in [0.1, 0.15) is 12.2 Å². The van der Waals surface area contributed by atoms with Crippen LogP contribution in [0.2, 0.25) is 0 Å². The molecule has 1 aliphatic heterocycles. The number of hydrogen-bond donors (Lipinski definition) is 1. The Morgan fingerprint density at radius 2 is 2.04 bits per heavy atom. The molecule has 1 N–H and O–H groups in total. The standard InChI is InChI=1S/C20H24O6/c1-9(2)8-14(22)25-18-15-11(4)19(24)26-17(15)16(23)10(3)12-6-7-13(21)20(12,18)5/h6-8,10,12,15-18,23H,4H2,1-3,5H3/t10?,12-,15?,16?,17-,18-,20-/m0/s1. The third-order valence-electron chi connectivity index (χ3n) is 5.95. The highest BCUT2D eigenvalue weighted by Gasteiger charge is 2.64. The van der Waals surface area contributed by atoms with Gasteiger partial charge >= 0.3 is 11.9 Å². The van der Waals surface area contributed by atoms with E-state index >= 15 is 0 Å². The Morgan fingerprint density at radius 3 is 2.65 bits per heavy atom. The zero-order valence-electron chi connectivity index (χ0n) is 15.4. The Bertz CT molecular complexity index is 743. The van der Waals surface area contributed by atoms with Gasteiger partial charge in [0.25, 0.3) is 0 Å². The average Bonchev–Trinajstić information content (AvgIpc) is 2.99. The number of ether oxygens (including phenoxy) is 2. The SMILES string of the molecule is C=C1C(=O)O[C@@H]2C(O)C(C)[C@@H]3C=CC(=O)[C@@]3(C)[C@@H](OC(=O)C=C(C)C)C12. The van der Waals surface area contributed by atoms with Gasteiger partial charge in [0, 0.05) is 11.6 Å². The van der Waals surface area contributed by atoms with E-state index in [-0.39, 0.29) is 23.2 Å². The van der Waals surface area contributed by atoms with Crippen LogP contribution in [0.3, 0.4) is 0 Å². The molecule has 26 heavy (non-hydrogen) atoms. The second-order valence-corrected chi connectivity index (χ2v) is 7.88. The molecule has 0 bridgehead atoms. The van der Waals surface area contributed by atoms with E-state index in [9.17, 15) is 19.5 Å². The van der Waals surface area contributed by atoms with Crippen LogP contribution in [0.5, 0.6) is 0 Å². The van der Waals surface area contributed by atoms with Gasteiger partial charge in [-0.3, -0.25) is 4.79 Å². The van der Waals surface area contributed by atoms with Crippen molar-refractivity contribution in [3.63, 3.8) is 0 Å². The smallest absolute Gasteiger partial charge is 0.334 e. The first-order valence-electron chi connectivity index (χ1n) is 8.75. The van der Waals surface area contributed by atoms with Gasteiger partial charge in [-0.2, -0.15) is 0 Å². The van der Waals surface area contributed by atoms with Gasteiger partial charge in [0.2, 0.25) is 0 Å². The number of carbonyl (C=O) groups is 3. The lowest BCUT2D eigenvalue weighted by atomic mass is 9.67. The number of esters is 2. The maximum absolute atomic E-state index is 12.8. The zero-order chi connectivity index (χ0) is 19.4. The molecule has 0 radical (unpaired) electrons. The zero-order valence-corrected chi connectivity index (χ0v) is 15.4. The highest BCUT2D eigenvalue weighted by Crippen LogP contribution is 2.54. The van der Waals surface area contributed by atoms with E-state index < -0.39 is 41.6 Å². The Balaban J connectivity index is 2.12. The van der Waals surface area contributed by atoms with Crippen molar-refractivity contribution >= 4 is 17.7 Å². The second-order valence-electron chi connectivity index (χ2n) is 7.88. The molecule has 3 rings (SSSR count). The first-order valence-corrected chi connectivity index (χ1v) is 8.75. The third kappa shape index (κ3) is 2.55. The summed E-state index contributed by atoms with van der Waals surface area (Å²) < 4.78 is 11.1. The maximum atomic E-state index is 12.8. The monoisotopic (exact) mass is 360 g/mol. The summed E-state index contributed by atoms with van der Waals surface area (Å²) in [5, 5.41) is 10.8. The van der Waals surface area contributed by atoms with Crippen molar-refractivity contribution in [3.05, 3.63) is 36.0 Å². The Morgan fingerprint density at radius 1 is 1.38 bits per heavy atom. The molecule has 0 aromatic heterocycles. The highest BCUT2D eigenvalue weighted by molar-refractivity contribution is 5.99. The summed E-state index contributed by atoms with van der Waals surface area (Å²) in [5.74, 6) is -2.88. The normalized spacial score (nSPS) is 41.2. The van der Waals surface area contributed by atoms with Crippen molar-refractivity contribution in [3.8, 4) is 0 Å². The Hall–Kier alpha value is -2.21. The van der Waals surface area contributed by atoms with Crippen LogP contribution in [0.25, 0.3) is 0 Å². The maximum Gasteiger partial charge on any atom is 0.334 e. The summed E-state index contributed by atoms with van der Waals surface area (Å²) in [7, 11) is 0. The van der Waals surface area contributed by atoms with Gasteiger partial charge in [-0.25, -0.2) is 9.59 Å². The number of carbonyl (C=O) groups excluding carboxylic acids is 3. The summed E-state index contributed by atoms with van der Waals surface area (Å²) in [6.45, 7) is 10.8. The van der Waals surface area contributed by atoms with Crippen molar-refractivity contribution in [1.29, 1.82) is 0 Å². The molecular formula is C20H24O6. The van der Waals surface area contributed by atoms with Crippen molar-refractivity contribution in [2.45, 2.75) is 46.0 Å². The van der Waals surface area contributed by atoms with Crippen molar-refractivity contribution in [2.75, 3.05) is 0 Å². The molecule has 140 valence electrons. The van der Waals surface area contributed by atoms with E-state index in [0.29, 0.717) is 0 Å². The number of fused-ring (bicyclic) bond motifs is 2. The van der Waals surface area contributed by atoms with Crippen LogP contribution in [0.15, 0.2) is 36.0 Å². The molecular weight excluding hydrogens is 336 g/mol. The van der Waals surface area contributed by atoms with Gasteiger partial charge in [-0.05, 0) is 38.7 Å². The lowest BCUT2D eigenvalue weighted by molar-refractivity contribution is -0.160. The second kappa shape index (κ2) is 6.20. The van der Waals surface area contributed by atoms with Crippen molar-refractivity contribution in [1.82, 2.24) is 0 Å². The van der Waals surface area contributed by atoms with E-state index in [1.54, 1.807) is 26.8 Å². The number of hydrogen-bond acceptors (Lipinski definition) is 6. The van der Waals surface area contributed by atoms with Gasteiger partial charge < -0.3 is 14.6 Å². The van der Waals surface area contributed by atoms with Crippen LogP contribution >= 0.6 is 0 Å². The number of aliphatic hydroxyl groups excluding tert-OH is 1. The number of aliphatic hydroxyl groups is 1. The van der Waals surface area contributed by atoms with E-state index in [1.165, 1.54) is 12.2 Å². The molecule has 6 heteroatoms. The Kier molecular flexibility index (Phi) is 4.43. The van der Waals surface area contributed by atoms with Gasteiger partial charge in [-0.15, -0.1) is 0 Å². The van der Waals surface area contributed by atoms with E-state index in [4.69, 9.17) is 9.47 Å². The lowest BCUT2D eigenvalue weighted by Gasteiger charge is -2.39. The molecule has 0 spiro atoms. The number of allylic oxidation sites excluding steroid dienone is 3. The molecule has 0 aromatic rings. The third-order valence-corrected chi connectivity index (χ3v) is 5.95. The van der Waals surface area contributed by atoms with Crippen LogP contribution in [-0.4, -0.2) is 41.1 Å². The topological polar surface area (TPSA) is 89.9 Å². The molecule has 0 aromatic carbocycles. The fourth-order valence-electron chi connectivity index (χ4n) is 4.51. The first-order chi connectivity index (χ1) is 12.1. The summed E-state index contributed by atoms with van der Waals surface area (Å²) in [6.07, 6.45) is 1.72. The van der Waals surface area contributed by atoms with Gasteiger partial charge in [0.15, 0.2) is 5.78 Å².